The van der Waals surface area contributed by atoms with Crippen LogP contribution in [0.1, 0.15) is 0 Å². The van der Waals surface area contributed by atoms with Gasteiger partial charge in [0.15, 0.2) is 0 Å². The number of anilines is 1. The number of hydrogen-bond acceptors (Lipinski definition) is 3. The molecule has 0 aliphatic rings. The normalized spacial score (nSPS) is 10.3. The first-order chi connectivity index (χ1) is 7.18. The summed E-state index contributed by atoms with van der Waals surface area (Å²) in [5.74, 6) is 0.306. The Labute approximate surface area is 96.9 Å². The van der Waals surface area contributed by atoms with Crippen LogP contribution in [0.2, 0.25) is 10.2 Å². The van der Waals surface area contributed by atoms with Gasteiger partial charge in [0, 0.05) is 23.5 Å². The van der Waals surface area contributed by atoms with Crippen LogP contribution in [-0.2, 0) is 0 Å². The van der Waals surface area contributed by atoms with Crippen LogP contribution in [0.3, 0.4) is 0 Å². The van der Waals surface area contributed by atoms with Gasteiger partial charge in [0.25, 0.3) is 0 Å². The minimum Gasteiger partial charge on any atom is -0.382 e. The van der Waals surface area contributed by atoms with Gasteiger partial charge < -0.3 is 5.73 Å². The maximum absolute atomic E-state index is 5.94. The molecule has 0 aliphatic heterocycles. The second kappa shape index (κ2) is 4.04. The summed E-state index contributed by atoms with van der Waals surface area (Å²) < 4.78 is 0. The molecule has 76 valence electrons. The Morgan fingerprint density at radius 1 is 1.20 bits per heavy atom. The standard InChI is InChI=1S/C10H7Cl2N3/c11-8-4-6(5-15-10(8)13)7-2-1-3-14-9(7)12/h1-5H,(H2,13,15). The van der Waals surface area contributed by atoms with Crippen molar-refractivity contribution in [2.75, 3.05) is 5.73 Å². The molecular weight excluding hydrogens is 233 g/mol. The van der Waals surface area contributed by atoms with E-state index in [1.54, 1.807) is 24.5 Å². The monoisotopic (exact) mass is 239 g/mol. The van der Waals surface area contributed by atoms with Crippen molar-refractivity contribution in [2.24, 2.45) is 0 Å². The average Bonchev–Trinajstić information content (AvgIpc) is 2.23. The second-order valence-electron chi connectivity index (χ2n) is 2.93. The lowest BCUT2D eigenvalue weighted by molar-refractivity contribution is 1.30. The number of pyridine rings is 2. The molecule has 3 nitrogen and oxygen atoms in total. The fourth-order valence-corrected chi connectivity index (χ4v) is 1.59. The zero-order valence-corrected chi connectivity index (χ0v) is 9.13. The van der Waals surface area contributed by atoms with E-state index in [2.05, 4.69) is 9.97 Å². The van der Waals surface area contributed by atoms with Crippen molar-refractivity contribution in [1.82, 2.24) is 9.97 Å². The van der Waals surface area contributed by atoms with E-state index in [0.717, 1.165) is 11.1 Å². The van der Waals surface area contributed by atoms with E-state index in [-0.39, 0.29) is 0 Å². The van der Waals surface area contributed by atoms with Crippen molar-refractivity contribution in [3.63, 3.8) is 0 Å². The van der Waals surface area contributed by atoms with E-state index in [9.17, 15) is 0 Å². The minimum absolute atomic E-state index is 0.306. The maximum atomic E-state index is 5.94. The molecule has 0 aliphatic carbocycles. The third-order valence-corrected chi connectivity index (χ3v) is 2.54. The van der Waals surface area contributed by atoms with Gasteiger partial charge in [-0.25, -0.2) is 9.97 Å². The van der Waals surface area contributed by atoms with Gasteiger partial charge in [-0.2, -0.15) is 0 Å². The molecular formula is C10H7Cl2N3. The highest BCUT2D eigenvalue weighted by atomic mass is 35.5. The summed E-state index contributed by atoms with van der Waals surface area (Å²) in [5.41, 5.74) is 7.10. The lowest BCUT2D eigenvalue weighted by Crippen LogP contribution is -1.92. The van der Waals surface area contributed by atoms with E-state index >= 15 is 0 Å². The first-order valence-electron chi connectivity index (χ1n) is 4.20. The molecule has 0 aromatic carbocycles. The second-order valence-corrected chi connectivity index (χ2v) is 3.70. The molecule has 0 unspecified atom stereocenters. The quantitative estimate of drug-likeness (QED) is 0.779. The fourth-order valence-electron chi connectivity index (χ4n) is 1.20. The third-order valence-electron chi connectivity index (χ3n) is 1.94. The molecule has 0 amide bonds. The molecule has 0 atom stereocenters. The molecule has 2 N–H and O–H groups in total. The number of nitrogens with two attached hydrogens (primary N) is 1. The Bertz CT molecular complexity index is 500. The highest BCUT2D eigenvalue weighted by Gasteiger charge is 2.06. The lowest BCUT2D eigenvalue weighted by Gasteiger charge is -2.04. The zero-order chi connectivity index (χ0) is 10.8. The lowest BCUT2D eigenvalue weighted by atomic mass is 10.1. The third kappa shape index (κ3) is 2.03. The number of halogens is 2. The predicted octanol–water partition coefficient (Wildman–Crippen LogP) is 3.03. The smallest absolute Gasteiger partial charge is 0.142 e. The van der Waals surface area contributed by atoms with E-state index in [4.69, 9.17) is 28.9 Å². The summed E-state index contributed by atoms with van der Waals surface area (Å²) in [7, 11) is 0. The SMILES string of the molecule is Nc1ncc(-c2cccnc2Cl)cc1Cl. The van der Waals surface area contributed by atoms with Crippen LogP contribution in [0.15, 0.2) is 30.6 Å². The molecule has 15 heavy (non-hydrogen) atoms. The highest BCUT2D eigenvalue weighted by Crippen LogP contribution is 2.28. The molecule has 0 spiro atoms. The molecule has 0 saturated heterocycles. The van der Waals surface area contributed by atoms with Crippen LogP contribution in [0.25, 0.3) is 11.1 Å². The van der Waals surface area contributed by atoms with Gasteiger partial charge in [-0.1, -0.05) is 23.2 Å². The molecule has 2 aromatic heterocycles. The molecule has 0 radical (unpaired) electrons. The van der Waals surface area contributed by atoms with Gasteiger partial charge in [0.05, 0.1) is 5.02 Å². The fraction of sp³-hybridized carbons (Fsp3) is 0. The molecule has 5 heteroatoms. The van der Waals surface area contributed by atoms with E-state index in [1.165, 1.54) is 0 Å². The Balaban J connectivity index is 2.55. The van der Waals surface area contributed by atoms with Crippen molar-refractivity contribution in [3.8, 4) is 11.1 Å². The first kappa shape index (κ1) is 10.2. The van der Waals surface area contributed by atoms with Gasteiger partial charge in [-0.15, -0.1) is 0 Å². The van der Waals surface area contributed by atoms with Crippen LogP contribution in [0.4, 0.5) is 5.82 Å². The number of nitrogens with zero attached hydrogens (tertiary/aromatic N) is 2. The van der Waals surface area contributed by atoms with Gasteiger partial charge >= 0.3 is 0 Å². The Morgan fingerprint density at radius 3 is 2.67 bits per heavy atom. The summed E-state index contributed by atoms with van der Waals surface area (Å²) in [6.07, 6.45) is 3.24. The largest absolute Gasteiger partial charge is 0.382 e. The van der Waals surface area contributed by atoms with Gasteiger partial charge in [0.1, 0.15) is 11.0 Å². The summed E-state index contributed by atoms with van der Waals surface area (Å²) in [4.78, 5) is 7.93. The number of nitrogen functional groups attached to an aromatic ring is 1. The molecule has 0 bridgehead atoms. The van der Waals surface area contributed by atoms with Gasteiger partial charge in [0.2, 0.25) is 0 Å². The number of hydrogen-bond donors (Lipinski definition) is 1. The van der Waals surface area contributed by atoms with Crippen LogP contribution >= 0.6 is 23.2 Å². The summed E-state index contributed by atoms with van der Waals surface area (Å²) in [6.45, 7) is 0. The first-order valence-corrected chi connectivity index (χ1v) is 4.96. The molecule has 0 saturated carbocycles. The van der Waals surface area contributed by atoms with Gasteiger partial charge in [-0.05, 0) is 18.2 Å². The molecule has 2 rings (SSSR count). The van der Waals surface area contributed by atoms with E-state index < -0.39 is 0 Å². The van der Waals surface area contributed by atoms with Crippen molar-refractivity contribution >= 4 is 29.0 Å². The van der Waals surface area contributed by atoms with E-state index in [1.807, 2.05) is 6.07 Å². The Kier molecular flexibility index (Phi) is 2.75. The van der Waals surface area contributed by atoms with Crippen LogP contribution in [0.5, 0.6) is 0 Å². The summed E-state index contributed by atoms with van der Waals surface area (Å²) in [6, 6.07) is 5.36. The summed E-state index contributed by atoms with van der Waals surface area (Å²) >= 11 is 11.8. The maximum Gasteiger partial charge on any atom is 0.142 e. The topological polar surface area (TPSA) is 51.8 Å². The summed E-state index contributed by atoms with van der Waals surface area (Å²) in [5, 5.41) is 0.826. The predicted molar refractivity (Wildman–Crippen MR) is 61.9 cm³/mol. The van der Waals surface area contributed by atoms with Gasteiger partial charge in [-0.3, -0.25) is 0 Å². The molecule has 2 heterocycles. The van der Waals surface area contributed by atoms with E-state index in [0.29, 0.717) is 16.0 Å². The minimum atomic E-state index is 0.306. The number of aromatic nitrogens is 2. The Morgan fingerprint density at radius 2 is 2.00 bits per heavy atom. The highest BCUT2D eigenvalue weighted by molar-refractivity contribution is 6.33. The molecule has 0 fully saturated rings. The number of rotatable bonds is 1. The Hall–Kier alpha value is -1.32. The van der Waals surface area contributed by atoms with Crippen LogP contribution in [0, 0.1) is 0 Å². The van der Waals surface area contributed by atoms with Crippen LogP contribution in [-0.4, -0.2) is 9.97 Å². The zero-order valence-electron chi connectivity index (χ0n) is 7.61. The van der Waals surface area contributed by atoms with Crippen molar-refractivity contribution in [3.05, 3.63) is 40.8 Å². The average molecular weight is 240 g/mol. The molecule has 2 aromatic rings. The van der Waals surface area contributed by atoms with Crippen molar-refractivity contribution < 1.29 is 0 Å². The van der Waals surface area contributed by atoms with Crippen LogP contribution < -0.4 is 5.73 Å². The van der Waals surface area contributed by atoms with Crippen molar-refractivity contribution in [2.45, 2.75) is 0 Å². The van der Waals surface area contributed by atoms with Crippen molar-refractivity contribution in [1.29, 1.82) is 0 Å².